The SMILES string of the molecule is C=C(C)C(=O)OCCCCCCOc1ccc(C(=O)Oc2ccc(CCCCC)cc2)cc1. The molecule has 0 fully saturated rings. The Kier molecular flexibility index (Phi) is 11.8. The zero-order valence-corrected chi connectivity index (χ0v) is 19.9. The fraction of sp³-hybridized carbons (Fsp3) is 0.429. The Morgan fingerprint density at radius 3 is 2.06 bits per heavy atom. The second kappa shape index (κ2) is 14.9. The first-order chi connectivity index (χ1) is 16.0. The molecule has 0 saturated carbocycles. The van der Waals surface area contributed by atoms with Gasteiger partial charge in [0.2, 0.25) is 0 Å². The van der Waals surface area contributed by atoms with Gasteiger partial charge >= 0.3 is 11.9 Å². The first-order valence-electron chi connectivity index (χ1n) is 11.9. The molecule has 0 aliphatic carbocycles. The van der Waals surface area contributed by atoms with Gasteiger partial charge in [0.05, 0.1) is 18.8 Å². The number of rotatable bonds is 15. The van der Waals surface area contributed by atoms with Crippen molar-refractivity contribution in [1.29, 1.82) is 0 Å². The van der Waals surface area contributed by atoms with Crippen molar-refractivity contribution in [3.63, 3.8) is 0 Å². The maximum Gasteiger partial charge on any atom is 0.343 e. The van der Waals surface area contributed by atoms with Gasteiger partial charge in [0.25, 0.3) is 0 Å². The average molecular weight is 453 g/mol. The van der Waals surface area contributed by atoms with E-state index in [1.807, 2.05) is 24.3 Å². The van der Waals surface area contributed by atoms with Crippen LogP contribution in [0.15, 0.2) is 60.7 Å². The number of carbonyl (C=O) groups is 2. The maximum absolute atomic E-state index is 12.4. The van der Waals surface area contributed by atoms with Gasteiger partial charge in [-0.3, -0.25) is 0 Å². The monoisotopic (exact) mass is 452 g/mol. The van der Waals surface area contributed by atoms with Crippen LogP contribution in [0.1, 0.15) is 74.7 Å². The molecule has 0 unspecified atom stereocenters. The van der Waals surface area contributed by atoms with E-state index in [0.717, 1.165) is 37.9 Å². The Labute approximate surface area is 197 Å². The molecular formula is C28H36O5. The van der Waals surface area contributed by atoms with E-state index in [2.05, 4.69) is 13.5 Å². The summed E-state index contributed by atoms with van der Waals surface area (Å²) in [6.07, 6.45) is 8.36. The number of aryl methyl sites for hydroxylation is 1. The second-order valence-electron chi connectivity index (χ2n) is 8.19. The normalized spacial score (nSPS) is 10.5. The van der Waals surface area contributed by atoms with Crippen molar-refractivity contribution >= 4 is 11.9 Å². The molecule has 0 saturated heterocycles. The van der Waals surface area contributed by atoms with Crippen LogP contribution in [0, 0.1) is 0 Å². The van der Waals surface area contributed by atoms with Crippen LogP contribution in [-0.4, -0.2) is 25.2 Å². The summed E-state index contributed by atoms with van der Waals surface area (Å²) >= 11 is 0. The van der Waals surface area contributed by atoms with Crippen LogP contribution >= 0.6 is 0 Å². The minimum absolute atomic E-state index is 0.332. The molecule has 2 rings (SSSR count). The Hall–Kier alpha value is -3.08. The molecule has 2 aromatic carbocycles. The summed E-state index contributed by atoms with van der Waals surface area (Å²) in [5, 5.41) is 0. The van der Waals surface area contributed by atoms with Gasteiger partial charge < -0.3 is 14.2 Å². The summed E-state index contributed by atoms with van der Waals surface area (Å²) < 4.78 is 16.3. The lowest BCUT2D eigenvalue weighted by Gasteiger charge is -2.08. The molecule has 0 amide bonds. The van der Waals surface area contributed by atoms with E-state index in [1.54, 1.807) is 31.2 Å². The van der Waals surface area contributed by atoms with Crippen molar-refractivity contribution in [3.05, 3.63) is 71.8 Å². The molecule has 0 aliphatic rings. The van der Waals surface area contributed by atoms with Crippen LogP contribution in [0.2, 0.25) is 0 Å². The molecule has 0 radical (unpaired) electrons. The van der Waals surface area contributed by atoms with E-state index in [-0.39, 0.29) is 11.9 Å². The molecule has 5 nitrogen and oxygen atoms in total. The average Bonchev–Trinajstić information content (AvgIpc) is 2.82. The minimum atomic E-state index is -0.382. The standard InChI is InChI=1S/C28H36O5/c1-4-5-8-11-23-12-16-26(17-13-23)33-28(30)24-14-18-25(19-15-24)31-20-9-6-7-10-21-32-27(29)22(2)3/h12-19H,2,4-11,20-21H2,1,3H3. The zero-order valence-electron chi connectivity index (χ0n) is 19.9. The number of esters is 2. The summed E-state index contributed by atoms with van der Waals surface area (Å²) in [5.74, 6) is 0.557. The van der Waals surface area contributed by atoms with Gasteiger partial charge in [-0.05, 0) is 87.4 Å². The fourth-order valence-electron chi connectivity index (χ4n) is 3.19. The molecule has 0 aliphatic heterocycles. The summed E-state index contributed by atoms with van der Waals surface area (Å²) in [4.78, 5) is 23.7. The van der Waals surface area contributed by atoms with Crippen LogP contribution in [-0.2, 0) is 16.0 Å². The zero-order chi connectivity index (χ0) is 23.9. The Morgan fingerprint density at radius 1 is 0.788 bits per heavy atom. The third kappa shape index (κ3) is 10.4. The lowest BCUT2D eigenvalue weighted by atomic mass is 10.1. The van der Waals surface area contributed by atoms with Crippen molar-refractivity contribution in [1.82, 2.24) is 0 Å². The van der Waals surface area contributed by atoms with Crippen LogP contribution < -0.4 is 9.47 Å². The smallest absolute Gasteiger partial charge is 0.343 e. The largest absolute Gasteiger partial charge is 0.494 e. The van der Waals surface area contributed by atoms with E-state index in [4.69, 9.17) is 14.2 Å². The first-order valence-corrected chi connectivity index (χ1v) is 11.9. The lowest BCUT2D eigenvalue weighted by molar-refractivity contribution is -0.139. The Bertz CT molecular complexity index is 868. The predicted octanol–water partition coefficient (Wildman–Crippen LogP) is 6.70. The highest BCUT2D eigenvalue weighted by atomic mass is 16.5. The summed E-state index contributed by atoms with van der Waals surface area (Å²) in [7, 11) is 0. The number of benzene rings is 2. The van der Waals surface area contributed by atoms with Gasteiger partial charge in [-0.15, -0.1) is 0 Å². The molecular weight excluding hydrogens is 416 g/mol. The fourth-order valence-corrected chi connectivity index (χ4v) is 3.19. The molecule has 178 valence electrons. The van der Waals surface area contributed by atoms with Gasteiger partial charge in [-0.1, -0.05) is 38.5 Å². The van der Waals surface area contributed by atoms with Crippen LogP contribution in [0.4, 0.5) is 0 Å². The molecule has 0 aromatic heterocycles. The highest BCUT2D eigenvalue weighted by Gasteiger charge is 2.09. The molecule has 0 atom stereocenters. The third-order valence-electron chi connectivity index (χ3n) is 5.18. The maximum atomic E-state index is 12.4. The third-order valence-corrected chi connectivity index (χ3v) is 5.18. The molecule has 0 N–H and O–H groups in total. The number of hydrogen-bond acceptors (Lipinski definition) is 5. The van der Waals surface area contributed by atoms with Crippen LogP contribution in [0.3, 0.4) is 0 Å². The summed E-state index contributed by atoms with van der Waals surface area (Å²) in [6.45, 7) is 8.41. The highest BCUT2D eigenvalue weighted by Crippen LogP contribution is 2.18. The van der Waals surface area contributed by atoms with E-state index in [9.17, 15) is 9.59 Å². The highest BCUT2D eigenvalue weighted by molar-refractivity contribution is 5.91. The van der Waals surface area contributed by atoms with Crippen molar-refractivity contribution < 1.29 is 23.8 Å². The van der Waals surface area contributed by atoms with Crippen LogP contribution in [0.5, 0.6) is 11.5 Å². The second-order valence-corrected chi connectivity index (χ2v) is 8.19. The first kappa shape index (κ1) is 26.2. The van der Waals surface area contributed by atoms with Crippen molar-refractivity contribution in [2.45, 2.75) is 65.2 Å². The Morgan fingerprint density at radius 2 is 1.42 bits per heavy atom. The topological polar surface area (TPSA) is 61.8 Å². The number of hydrogen-bond donors (Lipinski definition) is 0. The lowest BCUT2D eigenvalue weighted by Crippen LogP contribution is -2.08. The number of ether oxygens (including phenoxy) is 3. The van der Waals surface area contributed by atoms with Gasteiger partial charge in [-0.25, -0.2) is 9.59 Å². The molecule has 2 aromatic rings. The van der Waals surface area contributed by atoms with Gasteiger partial charge in [0.15, 0.2) is 0 Å². The van der Waals surface area contributed by atoms with Gasteiger partial charge in [0, 0.05) is 5.57 Å². The van der Waals surface area contributed by atoms with E-state index < -0.39 is 0 Å². The van der Waals surface area contributed by atoms with Crippen LogP contribution in [0.25, 0.3) is 0 Å². The Balaban J connectivity index is 1.64. The number of unbranched alkanes of at least 4 members (excludes halogenated alkanes) is 5. The molecule has 0 spiro atoms. The van der Waals surface area contributed by atoms with E-state index in [1.165, 1.54) is 24.8 Å². The summed E-state index contributed by atoms with van der Waals surface area (Å²) in [5.41, 5.74) is 2.17. The van der Waals surface area contributed by atoms with Gasteiger partial charge in [-0.2, -0.15) is 0 Å². The molecule has 0 heterocycles. The van der Waals surface area contributed by atoms with Gasteiger partial charge in [0.1, 0.15) is 11.5 Å². The van der Waals surface area contributed by atoms with Crippen molar-refractivity contribution in [3.8, 4) is 11.5 Å². The predicted molar refractivity (Wildman–Crippen MR) is 131 cm³/mol. The molecule has 0 bridgehead atoms. The van der Waals surface area contributed by atoms with Crippen molar-refractivity contribution in [2.75, 3.05) is 13.2 Å². The van der Waals surface area contributed by atoms with E-state index >= 15 is 0 Å². The molecule has 33 heavy (non-hydrogen) atoms. The van der Waals surface area contributed by atoms with E-state index in [0.29, 0.717) is 30.1 Å². The minimum Gasteiger partial charge on any atom is -0.494 e. The number of carbonyl (C=O) groups excluding carboxylic acids is 2. The van der Waals surface area contributed by atoms with Crippen molar-refractivity contribution in [2.24, 2.45) is 0 Å². The molecule has 5 heteroatoms. The quantitative estimate of drug-likeness (QED) is 0.130. The summed E-state index contributed by atoms with van der Waals surface area (Å²) in [6, 6.07) is 14.7.